The molecular formula is C22H16N2O3. The third kappa shape index (κ3) is 3.11. The van der Waals surface area contributed by atoms with Gasteiger partial charge in [0.25, 0.3) is 11.8 Å². The monoisotopic (exact) mass is 356 g/mol. The Hall–Kier alpha value is -3.73. The highest BCUT2D eigenvalue weighted by molar-refractivity contribution is 6.22. The lowest BCUT2D eigenvalue weighted by molar-refractivity contribution is -0.116. The molecule has 0 bridgehead atoms. The number of amides is 3. The molecule has 3 aromatic rings. The first-order valence-electron chi connectivity index (χ1n) is 8.54. The molecule has 0 unspecified atom stereocenters. The summed E-state index contributed by atoms with van der Waals surface area (Å²) in [5.41, 5.74) is 3.13. The first-order chi connectivity index (χ1) is 13.1. The molecule has 3 aromatic carbocycles. The van der Waals surface area contributed by atoms with Crippen molar-refractivity contribution in [1.29, 1.82) is 0 Å². The average molecular weight is 356 g/mol. The van der Waals surface area contributed by atoms with Crippen molar-refractivity contribution in [3.05, 3.63) is 90.0 Å². The first kappa shape index (κ1) is 16.7. The maximum absolute atomic E-state index is 12.5. The number of nitrogens with one attached hydrogen (secondary N) is 1. The normalized spacial score (nSPS) is 12.8. The van der Waals surface area contributed by atoms with E-state index in [4.69, 9.17) is 0 Å². The Morgan fingerprint density at radius 1 is 0.704 bits per heavy atom. The van der Waals surface area contributed by atoms with Crippen molar-refractivity contribution < 1.29 is 14.4 Å². The molecule has 0 saturated heterocycles. The van der Waals surface area contributed by atoms with E-state index in [0.29, 0.717) is 16.8 Å². The van der Waals surface area contributed by atoms with Gasteiger partial charge in [0, 0.05) is 11.3 Å². The number of hydrogen-bond acceptors (Lipinski definition) is 3. The zero-order valence-electron chi connectivity index (χ0n) is 14.4. The second kappa shape index (κ2) is 6.88. The third-order valence-electron chi connectivity index (χ3n) is 4.47. The molecule has 4 rings (SSSR count). The lowest BCUT2D eigenvalue weighted by atomic mass is 10.0. The lowest BCUT2D eigenvalue weighted by Gasteiger charge is -2.15. The standard InChI is InChI=1S/C22H16N2O3/c25-20(14-24-21(26)17-11-4-5-12-18(17)22(24)27)23-19-13-7-6-10-16(19)15-8-2-1-3-9-15/h1-13H,14H2,(H,23,25). The smallest absolute Gasteiger partial charge is 0.262 e. The van der Waals surface area contributed by atoms with E-state index < -0.39 is 17.7 Å². The maximum atomic E-state index is 12.5. The molecule has 0 fully saturated rings. The van der Waals surface area contributed by atoms with Crippen molar-refractivity contribution in [1.82, 2.24) is 4.90 Å². The average Bonchev–Trinajstić information content (AvgIpc) is 2.94. The number of hydrogen-bond donors (Lipinski definition) is 1. The van der Waals surface area contributed by atoms with Gasteiger partial charge < -0.3 is 5.32 Å². The van der Waals surface area contributed by atoms with Crippen LogP contribution in [-0.2, 0) is 4.79 Å². The molecule has 0 saturated carbocycles. The highest BCUT2D eigenvalue weighted by Crippen LogP contribution is 2.28. The predicted molar refractivity (Wildman–Crippen MR) is 102 cm³/mol. The van der Waals surface area contributed by atoms with Crippen LogP contribution in [-0.4, -0.2) is 29.2 Å². The summed E-state index contributed by atoms with van der Waals surface area (Å²) in [5.74, 6) is -1.31. The molecule has 1 aliphatic rings. The van der Waals surface area contributed by atoms with E-state index in [-0.39, 0.29) is 6.54 Å². The van der Waals surface area contributed by atoms with Gasteiger partial charge in [-0.25, -0.2) is 0 Å². The van der Waals surface area contributed by atoms with Crippen LogP contribution in [0.5, 0.6) is 0 Å². The van der Waals surface area contributed by atoms with Crippen molar-refractivity contribution in [3.63, 3.8) is 0 Å². The van der Waals surface area contributed by atoms with E-state index in [2.05, 4.69) is 5.32 Å². The van der Waals surface area contributed by atoms with Crippen molar-refractivity contribution in [2.75, 3.05) is 11.9 Å². The topological polar surface area (TPSA) is 66.5 Å². The van der Waals surface area contributed by atoms with Gasteiger partial charge >= 0.3 is 0 Å². The molecule has 0 spiro atoms. The number of fused-ring (bicyclic) bond motifs is 1. The van der Waals surface area contributed by atoms with Gasteiger partial charge in [0.15, 0.2) is 0 Å². The quantitative estimate of drug-likeness (QED) is 0.727. The number of carbonyl (C=O) groups is 3. The summed E-state index contributed by atoms with van der Waals surface area (Å²) < 4.78 is 0. The van der Waals surface area contributed by atoms with Crippen LogP contribution in [0.3, 0.4) is 0 Å². The number of rotatable bonds is 4. The van der Waals surface area contributed by atoms with Gasteiger partial charge in [-0.3, -0.25) is 19.3 Å². The van der Waals surface area contributed by atoms with Gasteiger partial charge in [0.1, 0.15) is 6.54 Å². The number of anilines is 1. The molecule has 132 valence electrons. The molecule has 1 N–H and O–H groups in total. The summed E-state index contributed by atoms with van der Waals surface area (Å²) >= 11 is 0. The first-order valence-corrected chi connectivity index (χ1v) is 8.54. The Morgan fingerprint density at radius 3 is 1.85 bits per heavy atom. The fourth-order valence-corrected chi connectivity index (χ4v) is 3.18. The molecule has 3 amide bonds. The molecular weight excluding hydrogens is 340 g/mol. The highest BCUT2D eigenvalue weighted by Gasteiger charge is 2.36. The highest BCUT2D eigenvalue weighted by atomic mass is 16.2. The fraction of sp³-hybridized carbons (Fsp3) is 0.0455. The minimum atomic E-state index is -0.443. The Labute approximate surface area is 156 Å². The second-order valence-electron chi connectivity index (χ2n) is 6.20. The van der Waals surface area contributed by atoms with Gasteiger partial charge in [-0.15, -0.1) is 0 Å². The van der Waals surface area contributed by atoms with E-state index in [1.807, 2.05) is 48.5 Å². The number of benzene rings is 3. The molecule has 5 heteroatoms. The summed E-state index contributed by atoms with van der Waals surface area (Å²) in [6, 6.07) is 23.7. The predicted octanol–water partition coefficient (Wildman–Crippen LogP) is 3.59. The molecule has 1 aliphatic heterocycles. The van der Waals surface area contributed by atoms with Crippen LogP contribution in [0.2, 0.25) is 0 Å². The molecule has 0 aromatic heterocycles. The van der Waals surface area contributed by atoms with Gasteiger partial charge in [0.2, 0.25) is 5.91 Å². The maximum Gasteiger partial charge on any atom is 0.262 e. The van der Waals surface area contributed by atoms with Gasteiger partial charge in [-0.1, -0.05) is 60.7 Å². The van der Waals surface area contributed by atoms with Gasteiger partial charge in [-0.05, 0) is 23.8 Å². The molecule has 27 heavy (non-hydrogen) atoms. The summed E-state index contributed by atoms with van der Waals surface area (Å²) in [6.45, 7) is -0.324. The van der Waals surface area contributed by atoms with Crippen molar-refractivity contribution in [2.24, 2.45) is 0 Å². The van der Waals surface area contributed by atoms with Crippen LogP contribution in [0.15, 0.2) is 78.9 Å². The van der Waals surface area contributed by atoms with Crippen LogP contribution in [0.25, 0.3) is 11.1 Å². The van der Waals surface area contributed by atoms with Crippen LogP contribution in [0.1, 0.15) is 20.7 Å². The molecule has 0 aliphatic carbocycles. The fourth-order valence-electron chi connectivity index (χ4n) is 3.18. The van der Waals surface area contributed by atoms with E-state index >= 15 is 0 Å². The summed E-state index contributed by atoms with van der Waals surface area (Å²) in [7, 11) is 0. The number of imide groups is 1. The van der Waals surface area contributed by atoms with Crippen molar-refractivity contribution in [3.8, 4) is 11.1 Å². The van der Waals surface area contributed by atoms with E-state index in [1.165, 1.54) is 0 Å². The second-order valence-corrected chi connectivity index (χ2v) is 6.20. The summed E-state index contributed by atoms with van der Waals surface area (Å²) in [4.78, 5) is 38.3. The molecule has 1 heterocycles. The number of carbonyl (C=O) groups excluding carboxylic acids is 3. The lowest BCUT2D eigenvalue weighted by Crippen LogP contribution is -2.37. The molecule has 5 nitrogen and oxygen atoms in total. The van der Waals surface area contributed by atoms with Crippen LogP contribution >= 0.6 is 0 Å². The van der Waals surface area contributed by atoms with E-state index in [0.717, 1.165) is 16.0 Å². The van der Waals surface area contributed by atoms with Crippen LogP contribution < -0.4 is 5.32 Å². The molecule has 0 radical (unpaired) electrons. The third-order valence-corrected chi connectivity index (χ3v) is 4.47. The van der Waals surface area contributed by atoms with Crippen LogP contribution in [0.4, 0.5) is 5.69 Å². The zero-order valence-corrected chi connectivity index (χ0v) is 14.4. The number of nitrogens with zero attached hydrogens (tertiary/aromatic N) is 1. The number of para-hydroxylation sites is 1. The van der Waals surface area contributed by atoms with Crippen molar-refractivity contribution in [2.45, 2.75) is 0 Å². The van der Waals surface area contributed by atoms with E-state index in [1.54, 1.807) is 30.3 Å². The Bertz CT molecular complexity index is 1010. The SMILES string of the molecule is O=C(CN1C(=O)c2ccccc2C1=O)Nc1ccccc1-c1ccccc1. The minimum absolute atomic E-state index is 0.324. The Morgan fingerprint density at radius 2 is 1.22 bits per heavy atom. The largest absolute Gasteiger partial charge is 0.324 e. The van der Waals surface area contributed by atoms with Gasteiger partial charge in [0.05, 0.1) is 11.1 Å². The molecule has 0 atom stereocenters. The van der Waals surface area contributed by atoms with Gasteiger partial charge in [-0.2, -0.15) is 0 Å². The summed E-state index contributed by atoms with van der Waals surface area (Å²) in [5, 5.41) is 2.82. The Balaban J connectivity index is 1.54. The Kier molecular flexibility index (Phi) is 4.26. The van der Waals surface area contributed by atoms with Crippen LogP contribution in [0, 0.1) is 0 Å². The van der Waals surface area contributed by atoms with Crippen molar-refractivity contribution >= 4 is 23.4 Å². The van der Waals surface area contributed by atoms with E-state index in [9.17, 15) is 14.4 Å². The zero-order chi connectivity index (χ0) is 18.8. The summed E-state index contributed by atoms with van der Waals surface area (Å²) in [6.07, 6.45) is 0. The minimum Gasteiger partial charge on any atom is -0.324 e.